The first kappa shape index (κ1) is 14.7. The van der Waals surface area contributed by atoms with E-state index in [1.165, 1.54) is 17.4 Å². The summed E-state index contributed by atoms with van der Waals surface area (Å²) in [5, 5.41) is 12.0. The number of thiazole rings is 1. The standard InChI is InChI=1S/C13H17N3O3S2/c1-9-8-20-13(15-9)5-14-21(18,19)12-4-11(7-17)16(6-12)10-2-3-10/h4,6,8,10,14,17H,2-3,5,7H2,1H3. The molecule has 0 amide bonds. The van der Waals surface area contributed by atoms with Gasteiger partial charge in [-0.25, -0.2) is 18.1 Å². The van der Waals surface area contributed by atoms with Gasteiger partial charge in [-0.3, -0.25) is 0 Å². The summed E-state index contributed by atoms with van der Waals surface area (Å²) in [7, 11) is -3.58. The molecule has 0 atom stereocenters. The van der Waals surface area contributed by atoms with Crippen LogP contribution >= 0.6 is 11.3 Å². The third-order valence-electron chi connectivity index (χ3n) is 3.40. The summed E-state index contributed by atoms with van der Waals surface area (Å²) in [5.74, 6) is 0. The Morgan fingerprint density at radius 2 is 2.29 bits per heavy atom. The average molecular weight is 327 g/mol. The third-order valence-corrected chi connectivity index (χ3v) is 5.73. The van der Waals surface area contributed by atoms with Crippen LogP contribution in [0.2, 0.25) is 0 Å². The maximum Gasteiger partial charge on any atom is 0.242 e. The first-order chi connectivity index (χ1) is 9.99. The van der Waals surface area contributed by atoms with Gasteiger partial charge in [0.25, 0.3) is 0 Å². The number of nitrogens with one attached hydrogen (secondary N) is 1. The fourth-order valence-electron chi connectivity index (χ4n) is 2.19. The molecular weight excluding hydrogens is 310 g/mol. The van der Waals surface area contributed by atoms with Crippen LogP contribution in [-0.2, 0) is 23.2 Å². The Morgan fingerprint density at radius 1 is 1.52 bits per heavy atom. The van der Waals surface area contributed by atoms with Crippen molar-refractivity contribution in [3.63, 3.8) is 0 Å². The molecule has 0 spiro atoms. The van der Waals surface area contributed by atoms with Gasteiger partial charge in [-0.05, 0) is 25.8 Å². The van der Waals surface area contributed by atoms with Crippen LogP contribution in [0, 0.1) is 6.92 Å². The highest BCUT2D eigenvalue weighted by Crippen LogP contribution is 2.37. The molecule has 0 radical (unpaired) electrons. The van der Waals surface area contributed by atoms with Gasteiger partial charge in [-0.1, -0.05) is 0 Å². The number of nitrogens with zero attached hydrogens (tertiary/aromatic N) is 2. The third kappa shape index (κ3) is 3.18. The van der Waals surface area contributed by atoms with Gasteiger partial charge in [0.05, 0.1) is 18.0 Å². The lowest BCUT2D eigenvalue weighted by molar-refractivity contribution is 0.270. The number of hydrogen-bond donors (Lipinski definition) is 2. The van der Waals surface area contributed by atoms with Crippen molar-refractivity contribution in [2.45, 2.75) is 43.9 Å². The fourth-order valence-corrected chi connectivity index (χ4v) is 4.03. The number of hydrogen-bond acceptors (Lipinski definition) is 5. The first-order valence-corrected chi connectivity index (χ1v) is 9.08. The van der Waals surface area contributed by atoms with E-state index in [1.54, 1.807) is 6.20 Å². The highest BCUT2D eigenvalue weighted by Gasteiger charge is 2.28. The van der Waals surface area contributed by atoms with E-state index in [4.69, 9.17) is 0 Å². The van der Waals surface area contributed by atoms with Gasteiger partial charge in [0.2, 0.25) is 10.0 Å². The largest absolute Gasteiger partial charge is 0.390 e. The molecule has 2 heterocycles. The highest BCUT2D eigenvalue weighted by atomic mass is 32.2. The van der Waals surface area contributed by atoms with Crippen LogP contribution in [0.5, 0.6) is 0 Å². The van der Waals surface area contributed by atoms with Crippen molar-refractivity contribution < 1.29 is 13.5 Å². The van der Waals surface area contributed by atoms with Crippen LogP contribution in [0.15, 0.2) is 22.5 Å². The van der Waals surface area contributed by atoms with Crippen LogP contribution < -0.4 is 4.72 Å². The van der Waals surface area contributed by atoms with E-state index < -0.39 is 10.0 Å². The fraction of sp³-hybridized carbons (Fsp3) is 0.462. The van der Waals surface area contributed by atoms with Crippen molar-refractivity contribution in [1.82, 2.24) is 14.3 Å². The minimum Gasteiger partial charge on any atom is -0.390 e. The molecule has 2 N–H and O–H groups in total. The second-order valence-corrected chi connectivity index (χ2v) is 7.88. The number of rotatable bonds is 6. The van der Waals surface area contributed by atoms with Crippen LogP contribution in [-0.4, -0.2) is 23.1 Å². The molecule has 21 heavy (non-hydrogen) atoms. The molecule has 1 saturated carbocycles. The molecule has 1 aliphatic rings. The lowest BCUT2D eigenvalue weighted by Crippen LogP contribution is -2.22. The van der Waals surface area contributed by atoms with Crippen molar-refractivity contribution in [2.75, 3.05) is 0 Å². The Hall–Kier alpha value is -1.22. The SMILES string of the molecule is Cc1csc(CNS(=O)(=O)c2cc(CO)n(C3CC3)c2)n1. The van der Waals surface area contributed by atoms with Crippen LogP contribution in [0.4, 0.5) is 0 Å². The van der Waals surface area contributed by atoms with Crippen molar-refractivity contribution >= 4 is 21.4 Å². The maximum atomic E-state index is 12.3. The van der Waals surface area contributed by atoms with Crippen molar-refractivity contribution in [1.29, 1.82) is 0 Å². The summed E-state index contributed by atoms with van der Waals surface area (Å²) in [6.07, 6.45) is 3.68. The monoisotopic (exact) mass is 327 g/mol. The molecule has 3 rings (SSSR count). The molecule has 6 nitrogen and oxygen atoms in total. The van der Waals surface area contributed by atoms with Crippen LogP contribution in [0.1, 0.15) is 35.3 Å². The zero-order valence-corrected chi connectivity index (χ0v) is 13.2. The molecular formula is C13H17N3O3S2. The predicted octanol–water partition coefficient (Wildman–Crippen LogP) is 1.56. The molecule has 1 aliphatic carbocycles. The maximum absolute atomic E-state index is 12.3. The summed E-state index contributed by atoms with van der Waals surface area (Å²) < 4.78 is 29.0. The average Bonchev–Trinajstić information content (AvgIpc) is 3.05. The summed E-state index contributed by atoms with van der Waals surface area (Å²) in [6.45, 7) is 1.90. The topological polar surface area (TPSA) is 84.2 Å². The molecule has 114 valence electrons. The molecule has 8 heteroatoms. The summed E-state index contributed by atoms with van der Waals surface area (Å²) in [5.41, 5.74) is 1.53. The molecule has 0 aromatic carbocycles. The lowest BCUT2D eigenvalue weighted by Gasteiger charge is -2.03. The lowest BCUT2D eigenvalue weighted by atomic mass is 10.4. The quantitative estimate of drug-likeness (QED) is 0.843. The van der Waals surface area contributed by atoms with Crippen molar-refractivity contribution in [3.8, 4) is 0 Å². The van der Waals surface area contributed by atoms with Crippen LogP contribution in [0.25, 0.3) is 0 Å². The van der Waals surface area contributed by atoms with E-state index in [-0.39, 0.29) is 18.0 Å². The van der Waals surface area contributed by atoms with E-state index in [1.807, 2.05) is 16.9 Å². The Balaban J connectivity index is 1.77. The second kappa shape index (κ2) is 5.53. The Kier molecular flexibility index (Phi) is 3.87. The van der Waals surface area contributed by atoms with Gasteiger partial charge >= 0.3 is 0 Å². The zero-order valence-electron chi connectivity index (χ0n) is 11.6. The Bertz CT molecular complexity index is 745. The van der Waals surface area contributed by atoms with Crippen LogP contribution in [0.3, 0.4) is 0 Å². The molecule has 0 unspecified atom stereocenters. The van der Waals surface area contributed by atoms with Gasteiger partial charge in [-0.15, -0.1) is 11.3 Å². The summed E-state index contributed by atoms with van der Waals surface area (Å²) in [4.78, 5) is 4.43. The number of aliphatic hydroxyl groups excluding tert-OH is 1. The molecule has 0 saturated heterocycles. The zero-order chi connectivity index (χ0) is 15.0. The number of aliphatic hydroxyl groups is 1. The molecule has 0 bridgehead atoms. The van der Waals surface area contributed by atoms with Gasteiger partial charge in [0.15, 0.2) is 0 Å². The number of aromatic nitrogens is 2. The molecule has 1 fully saturated rings. The Labute approximate surface area is 127 Å². The number of aryl methyl sites for hydroxylation is 1. The molecule has 0 aliphatic heterocycles. The van der Waals surface area contributed by atoms with E-state index in [0.29, 0.717) is 11.7 Å². The van der Waals surface area contributed by atoms with E-state index in [9.17, 15) is 13.5 Å². The van der Waals surface area contributed by atoms with Gasteiger partial charge in [-0.2, -0.15) is 0 Å². The second-order valence-electron chi connectivity index (χ2n) is 5.17. The van der Waals surface area contributed by atoms with Crippen molar-refractivity contribution in [2.24, 2.45) is 0 Å². The minimum absolute atomic E-state index is 0.155. The minimum atomic E-state index is -3.58. The van der Waals surface area contributed by atoms with E-state index in [0.717, 1.165) is 23.5 Å². The molecule has 2 aromatic heterocycles. The highest BCUT2D eigenvalue weighted by molar-refractivity contribution is 7.89. The van der Waals surface area contributed by atoms with E-state index >= 15 is 0 Å². The van der Waals surface area contributed by atoms with Gasteiger partial charge in [0.1, 0.15) is 5.01 Å². The summed E-state index contributed by atoms with van der Waals surface area (Å²) >= 11 is 1.43. The van der Waals surface area contributed by atoms with E-state index in [2.05, 4.69) is 9.71 Å². The number of sulfonamides is 1. The normalized spacial score (nSPS) is 15.5. The predicted molar refractivity (Wildman–Crippen MR) is 79.5 cm³/mol. The smallest absolute Gasteiger partial charge is 0.242 e. The Morgan fingerprint density at radius 3 is 2.86 bits per heavy atom. The summed E-state index contributed by atoms with van der Waals surface area (Å²) in [6, 6.07) is 1.87. The first-order valence-electron chi connectivity index (χ1n) is 6.72. The molecule has 2 aromatic rings. The van der Waals surface area contributed by atoms with Gasteiger partial charge in [0, 0.05) is 29.0 Å². The van der Waals surface area contributed by atoms with Gasteiger partial charge < -0.3 is 9.67 Å². The van der Waals surface area contributed by atoms with Crippen molar-refractivity contribution in [3.05, 3.63) is 34.0 Å².